The van der Waals surface area contributed by atoms with Crippen molar-refractivity contribution in [1.82, 2.24) is 15.2 Å². The number of carbonyl (C=O) groups is 1. The molecule has 0 unspecified atom stereocenters. The number of amides is 1. The minimum Gasteiger partial charge on any atom is -0.345 e. The van der Waals surface area contributed by atoms with Crippen LogP contribution in [0.15, 0.2) is 24.3 Å². The highest BCUT2D eigenvalue weighted by molar-refractivity contribution is 6.00. The normalized spacial score (nSPS) is 23.9. The summed E-state index contributed by atoms with van der Waals surface area (Å²) in [5.74, 6) is 0.443. The molecular weight excluding hydrogens is 296 g/mol. The molecule has 120 valence electrons. The Balaban J connectivity index is 1.63. The molecule has 0 radical (unpaired) electrons. The molecule has 2 N–H and O–H groups in total. The highest BCUT2D eigenvalue weighted by Gasteiger charge is 2.37. The van der Waals surface area contributed by atoms with Crippen molar-refractivity contribution in [3.8, 4) is 0 Å². The molecule has 0 bridgehead atoms. The van der Waals surface area contributed by atoms with Crippen molar-refractivity contribution in [3.63, 3.8) is 0 Å². The van der Waals surface area contributed by atoms with Crippen LogP contribution in [0, 0.1) is 16.0 Å². The first kappa shape index (κ1) is 14.2. The van der Waals surface area contributed by atoms with Gasteiger partial charge in [0, 0.05) is 30.6 Å². The number of non-ortho nitro benzene ring substituents is 1. The van der Waals surface area contributed by atoms with Crippen molar-refractivity contribution in [2.75, 3.05) is 19.6 Å². The molecule has 2 aromatic rings. The maximum Gasteiger partial charge on any atom is 0.293 e. The van der Waals surface area contributed by atoms with Crippen molar-refractivity contribution in [3.05, 3.63) is 40.1 Å². The van der Waals surface area contributed by atoms with Gasteiger partial charge in [0.25, 0.3) is 11.6 Å². The Morgan fingerprint density at radius 1 is 1.35 bits per heavy atom. The molecule has 7 heteroatoms. The van der Waals surface area contributed by atoms with Gasteiger partial charge >= 0.3 is 0 Å². The SMILES string of the molecule is O=C(c1cc2cccc([N+](=O)[O-])c2[nH]1)N1C[C@H]2CCCN[C@H]2C1. The second-order valence-electron chi connectivity index (χ2n) is 6.35. The van der Waals surface area contributed by atoms with Crippen LogP contribution in [0.1, 0.15) is 23.3 Å². The number of nitro groups is 1. The van der Waals surface area contributed by atoms with E-state index < -0.39 is 4.92 Å². The van der Waals surface area contributed by atoms with Gasteiger partial charge in [0.15, 0.2) is 0 Å². The molecule has 3 heterocycles. The number of likely N-dealkylation sites (tertiary alicyclic amines) is 1. The second kappa shape index (κ2) is 5.34. The van der Waals surface area contributed by atoms with Gasteiger partial charge in [0.2, 0.25) is 0 Å². The van der Waals surface area contributed by atoms with Gasteiger partial charge in [-0.15, -0.1) is 0 Å². The van der Waals surface area contributed by atoms with E-state index in [0.717, 1.165) is 25.9 Å². The van der Waals surface area contributed by atoms with Crippen molar-refractivity contribution in [2.45, 2.75) is 18.9 Å². The standard InChI is InChI=1S/C16H18N4O3/c21-16(19-8-11-4-2-6-17-13(11)9-19)12-7-10-3-1-5-14(20(22)23)15(10)18-12/h1,3,5,7,11,13,17-18H,2,4,6,8-9H2/t11-,13+/m1/s1. The minimum atomic E-state index is -0.429. The molecule has 2 aliphatic heterocycles. The molecule has 0 spiro atoms. The van der Waals surface area contributed by atoms with Gasteiger partial charge < -0.3 is 15.2 Å². The fourth-order valence-electron chi connectivity index (χ4n) is 3.79. The van der Waals surface area contributed by atoms with Crippen LogP contribution in [0.25, 0.3) is 10.9 Å². The molecule has 7 nitrogen and oxygen atoms in total. The summed E-state index contributed by atoms with van der Waals surface area (Å²) in [4.78, 5) is 28.2. The first-order valence-electron chi connectivity index (χ1n) is 7.92. The number of H-pyrrole nitrogens is 1. The van der Waals surface area contributed by atoms with Gasteiger partial charge in [0.1, 0.15) is 11.2 Å². The number of para-hydroxylation sites is 1. The average Bonchev–Trinajstić information content (AvgIpc) is 3.17. The first-order chi connectivity index (χ1) is 11.1. The fourth-order valence-corrected chi connectivity index (χ4v) is 3.79. The molecule has 1 aromatic heterocycles. The van der Waals surface area contributed by atoms with Gasteiger partial charge in [-0.1, -0.05) is 12.1 Å². The third-order valence-corrected chi connectivity index (χ3v) is 4.95. The number of carbonyl (C=O) groups excluding carboxylic acids is 1. The number of aromatic nitrogens is 1. The monoisotopic (exact) mass is 314 g/mol. The van der Waals surface area contributed by atoms with E-state index in [4.69, 9.17) is 0 Å². The van der Waals surface area contributed by atoms with Gasteiger partial charge in [-0.05, 0) is 31.4 Å². The summed E-state index contributed by atoms with van der Waals surface area (Å²) in [6.07, 6.45) is 2.31. The number of piperidine rings is 1. The molecule has 2 atom stereocenters. The Kier molecular flexibility index (Phi) is 3.30. The summed E-state index contributed by atoms with van der Waals surface area (Å²) in [5.41, 5.74) is 0.835. The van der Waals surface area contributed by atoms with Crippen LogP contribution in [0.3, 0.4) is 0 Å². The number of benzene rings is 1. The zero-order chi connectivity index (χ0) is 16.0. The second-order valence-corrected chi connectivity index (χ2v) is 6.35. The lowest BCUT2D eigenvalue weighted by Gasteiger charge is -2.24. The highest BCUT2D eigenvalue weighted by atomic mass is 16.6. The summed E-state index contributed by atoms with van der Waals surface area (Å²) >= 11 is 0. The lowest BCUT2D eigenvalue weighted by atomic mass is 9.94. The van der Waals surface area contributed by atoms with Crippen molar-refractivity contribution in [1.29, 1.82) is 0 Å². The van der Waals surface area contributed by atoms with E-state index >= 15 is 0 Å². The molecule has 0 aliphatic carbocycles. The van der Waals surface area contributed by atoms with E-state index in [-0.39, 0.29) is 11.6 Å². The lowest BCUT2D eigenvalue weighted by Crippen LogP contribution is -2.41. The molecule has 23 heavy (non-hydrogen) atoms. The molecule has 1 aromatic carbocycles. The Morgan fingerprint density at radius 2 is 2.22 bits per heavy atom. The quantitative estimate of drug-likeness (QED) is 0.654. The summed E-state index contributed by atoms with van der Waals surface area (Å²) in [6.45, 7) is 2.48. The molecule has 2 fully saturated rings. The lowest BCUT2D eigenvalue weighted by molar-refractivity contribution is -0.383. The van der Waals surface area contributed by atoms with Gasteiger partial charge in [-0.25, -0.2) is 0 Å². The average molecular weight is 314 g/mol. The number of fused-ring (bicyclic) bond motifs is 2. The summed E-state index contributed by atoms with van der Waals surface area (Å²) in [5, 5.41) is 15.3. The zero-order valence-corrected chi connectivity index (χ0v) is 12.6. The highest BCUT2D eigenvalue weighted by Crippen LogP contribution is 2.29. The third kappa shape index (κ3) is 2.37. The number of nitro benzene ring substituents is 1. The van der Waals surface area contributed by atoms with Crippen molar-refractivity contribution < 1.29 is 9.72 Å². The molecule has 4 rings (SSSR count). The fraction of sp³-hybridized carbons (Fsp3) is 0.438. The predicted octanol–water partition coefficient (Wildman–Crippen LogP) is 1.90. The Bertz CT molecular complexity index is 771. The third-order valence-electron chi connectivity index (χ3n) is 4.95. The van der Waals surface area contributed by atoms with Gasteiger partial charge in [-0.2, -0.15) is 0 Å². The largest absolute Gasteiger partial charge is 0.345 e. The van der Waals surface area contributed by atoms with E-state index in [2.05, 4.69) is 10.3 Å². The van der Waals surface area contributed by atoms with Crippen LogP contribution < -0.4 is 5.32 Å². The van der Waals surface area contributed by atoms with Crippen LogP contribution >= 0.6 is 0 Å². The van der Waals surface area contributed by atoms with E-state index in [9.17, 15) is 14.9 Å². The van der Waals surface area contributed by atoms with Crippen LogP contribution in [-0.4, -0.2) is 46.4 Å². The smallest absolute Gasteiger partial charge is 0.293 e. The number of nitrogens with zero attached hydrogens (tertiary/aromatic N) is 2. The van der Waals surface area contributed by atoms with Crippen molar-refractivity contribution >= 4 is 22.5 Å². The van der Waals surface area contributed by atoms with E-state index in [1.807, 2.05) is 4.90 Å². The van der Waals surface area contributed by atoms with Crippen LogP contribution in [-0.2, 0) is 0 Å². The molecule has 2 saturated heterocycles. The van der Waals surface area contributed by atoms with Crippen molar-refractivity contribution in [2.24, 2.45) is 5.92 Å². The van der Waals surface area contributed by atoms with Gasteiger partial charge in [0.05, 0.1) is 4.92 Å². The van der Waals surface area contributed by atoms with E-state index in [1.165, 1.54) is 6.07 Å². The maximum atomic E-state index is 12.7. The maximum absolute atomic E-state index is 12.7. The van der Waals surface area contributed by atoms with Crippen LogP contribution in [0.5, 0.6) is 0 Å². The molecule has 1 amide bonds. The first-order valence-corrected chi connectivity index (χ1v) is 7.92. The van der Waals surface area contributed by atoms with Crippen LogP contribution in [0.2, 0.25) is 0 Å². The topological polar surface area (TPSA) is 91.3 Å². The number of rotatable bonds is 2. The summed E-state index contributed by atoms with van der Waals surface area (Å²) in [7, 11) is 0. The minimum absolute atomic E-state index is 0.00157. The molecular formula is C16H18N4O3. The van der Waals surface area contributed by atoms with E-state index in [0.29, 0.717) is 35.1 Å². The number of hydrogen-bond donors (Lipinski definition) is 2. The van der Waals surface area contributed by atoms with Gasteiger partial charge in [-0.3, -0.25) is 14.9 Å². The summed E-state index contributed by atoms with van der Waals surface area (Å²) in [6, 6.07) is 6.95. The predicted molar refractivity (Wildman–Crippen MR) is 85.4 cm³/mol. The Labute approximate surface area is 132 Å². The zero-order valence-electron chi connectivity index (χ0n) is 12.6. The number of hydrogen-bond acceptors (Lipinski definition) is 4. The van der Waals surface area contributed by atoms with Crippen LogP contribution in [0.4, 0.5) is 5.69 Å². The Morgan fingerprint density at radius 3 is 3.00 bits per heavy atom. The molecule has 0 saturated carbocycles. The Hall–Kier alpha value is -2.41. The molecule has 2 aliphatic rings. The summed E-state index contributed by atoms with van der Waals surface area (Å²) < 4.78 is 0. The number of nitrogens with one attached hydrogen (secondary N) is 2. The number of aromatic amines is 1. The van der Waals surface area contributed by atoms with E-state index in [1.54, 1.807) is 18.2 Å².